The minimum atomic E-state index is -0.0399. The molecule has 0 heterocycles. The first-order chi connectivity index (χ1) is 7.72. The van der Waals surface area contributed by atoms with Gasteiger partial charge in [-0.25, -0.2) is 0 Å². The molecule has 0 saturated carbocycles. The maximum Gasteiger partial charge on any atom is 0.221 e. The average Bonchev–Trinajstić information content (AvgIpc) is 2.27. The van der Waals surface area contributed by atoms with Gasteiger partial charge in [0.05, 0.1) is 6.54 Å². The molecule has 0 aliphatic heterocycles. The molecule has 1 rings (SSSR count). The molecule has 3 N–H and O–H groups in total. The Morgan fingerprint density at radius 3 is 2.69 bits per heavy atom. The first kappa shape index (κ1) is 13.0. The van der Waals surface area contributed by atoms with E-state index in [1.807, 2.05) is 24.3 Å². The monoisotopic (exact) mass is 286 g/mol. The van der Waals surface area contributed by atoms with Crippen molar-refractivity contribution >= 4 is 21.8 Å². The standard InChI is InChI=1S/C11H15BrN2O2/c12-9-1-3-10(4-2-9)16-8-7-14-11(15)5-6-13/h1-4H,5-8,13H2,(H,14,15). The summed E-state index contributed by atoms with van der Waals surface area (Å²) in [5, 5.41) is 2.71. The number of nitrogens with one attached hydrogen (secondary N) is 1. The third-order valence-electron chi connectivity index (χ3n) is 1.88. The van der Waals surface area contributed by atoms with E-state index in [0.29, 0.717) is 26.1 Å². The van der Waals surface area contributed by atoms with Gasteiger partial charge in [-0.2, -0.15) is 0 Å². The quantitative estimate of drug-likeness (QED) is 0.775. The van der Waals surface area contributed by atoms with Crippen LogP contribution in [0.3, 0.4) is 0 Å². The summed E-state index contributed by atoms with van der Waals surface area (Å²) >= 11 is 3.34. The molecule has 4 nitrogen and oxygen atoms in total. The molecule has 0 saturated heterocycles. The summed E-state index contributed by atoms with van der Waals surface area (Å²) in [6.07, 6.45) is 0.359. The molecule has 88 valence electrons. The number of rotatable bonds is 6. The second-order valence-electron chi connectivity index (χ2n) is 3.19. The minimum absolute atomic E-state index is 0.0399. The Morgan fingerprint density at radius 2 is 2.06 bits per heavy atom. The molecular formula is C11H15BrN2O2. The van der Waals surface area contributed by atoms with Gasteiger partial charge in [0.1, 0.15) is 12.4 Å². The lowest BCUT2D eigenvalue weighted by molar-refractivity contribution is -0.120. The van der Waals surface area contributed by atoms with Gasteiger partial charge in [-0.05, 0) is 24.3 Å². The van der Waals surface area contributed by atoms with Gasteiger partial charge < -0.3 is 15.8 Å². The molecule has 0 fully saturated rings. The molecule has 0 radical (unpaired) electrons. The highest BCUT2D eigenvalue weighted by atomic mass is 79.9. The lowest BCUT2D eigenvalue weighted by Crippen LogP contribution is -2.29. The van der Waals surface area contributed by atoms with Gasteiger partial charge in [0.25, 0.3) is 0 Å². The number of carbonyl (C=O) groups excluding carboxylic acids is 1. The maximum atomic E-state index is 11.0. The van der Waals surface area contributed by atoms with Crippen LogP contribution in [0.25, 0.3) is 0 Å². The summed E-state index contributed by atoms with van der Waals surface area (Å²) in [7, 11) is 0. The smallest absolute Gasteiger partial charge is 0.221 e. The van der Waals surface area contributed by atoms with Crippen molar-refractivity contribution in [2.24, 2.45) is 5.73 Å². The molecule has 0 spiro atoms. The van der Waals surface area contributed by atoms with E-state index in [9.17, 15) is 4.79 Å². The fourth-order valence-corrected chi connectivity index (χ4v) is 1.37. The highest BCUT2D eigenvalue weighted by Crippen LogP contribution is 2.15. The van der Waals surface area contributed by atoms with Crippen molar-refractivity contribution in [1.82, 2.24) is 5.32 Å². The Bertz CT molecular complexity index is 327. The number of nitrogens with two attached hydrogens (primary N) is 1. The summed E-state index contributed by atoms with van der Waals surface area (Å²) in [6.45, 7) is 1.33. The number of ether oxygens (including phenoxy) is 1. The normalized spacial score (nSPS) is 9.88. The van der Waals surface area contributed by atoms with Crippen molar-refractivity contribution in [2.75, 3.05) is 19.7 Å². The van der Waals surface area contributed by atoms with Crippen LogP contribution in [0.1, 0.15) is 6.42 Å². The van der Waals surface area contributed by atoms with E-state index in [-0.39, 0.29) is 5.91 Å². The number of hydrogen-bond acceptors (Lipinski definition) is 3. The van der Waals surface area contributed by atoms with Crippen LogP contribution in [0.5, 0.6) is 5.75 Å². The molecular weight excluding hydrogens is 272 g/mol. The Labute approximate surface area is 103 Å². The highest BCUT2D eigenvalue weighted by Gasteiger charge is 1.98. The van der Waals surface area contributed by atoms with E-state index in [2.05, 4.69) is 21.2 Å². The molecule has 1 aromatic rings. The third kappa shape index (κ3) is 5.14. The SMILES string of the molecule is NCCC(=O)NCCOc1ccc(Br)cc1. The van der Waals surface area contributed by atoms with Gasteiger partial charge >= 0.3 is 0 Å². The number of carbonyl (C=O) groups is 1. The minimum Gasteiger partial charge on any atom is -0.492 e. The van der Waals surface area contributed by atoms with Crippen LogP contribution in [-0.2, 0) is 4.79 Å². The predicted molar refractivity (Wildman–Crippen MR) is 66.3 cm³/mol. The zero-order chi connectivity index (χ0) is 11.8. The summed E-state index contributed by atoms with van der Waals surface area (Å²) in [5.41, 5.74) is 5.24. The van der Waals surface area contributed by atoms with E-state index in [4.69, 9.17) is 10.5 Å². The van der Waals surface area contributed by atoms with Gasteiger partial charge in [0.2, 0.25) is 5.91 Å². The number of amides is 1. The summed E-state index contributed by atoms with van der Waals surface area (Å²) in [4.78, 5) is 11.0. The Kier molecular flexibility index (Phi) is 5.88. The Hall–Kier alpha value is -1.07. The van der Waals surface area contributed by atoms with Crippen molar-refractivity contribution in [3.05, 3.63) is 28.7 Å². The molecule has 0 atom stereocenters. The summed E-state index contributed by atoms with van der Waals surface area (Å²) in [6, 6.07) is 7.54. The van der Waals surface area contributed by atoms with Crippen LogP contribution < -0.4 is 15.8 Å². The van der Waals surface area contributed by atoms with Crippen LogP contribution in [-0.4, -0.2) is 25.6 Å². The van der Waals surface area contributed by atoms with Gasteiger partial charge in [-0.3, -0.25) is 4.79 Å². The van der Waals surface area contributed by atoms with E-state index >= 15 is 0 Å². The van der Waals surface area contributed by atoms with Crippen LogP contribution in [0.2, 0.25) is 0 Å². The van der Waals surface area contributed by atoms with Crippen LogP contribution in [0, 0.1) is 0 Å². The molecule has 0 aliphatic rings. The first-order valence-corrected chi connectivity index (χ1v) is 5.87. The number of halogens is 1. The molecule has 1 aromatic carbocycles. The first-order valence-electron chi connectivity index (χ1n) is 5.07. The van der Waals surface area contributed by atoms with E-state index in [1.54, 1.807) is 0 Å². The van der Waals surface area contributed by atoms with Gasteiger partial charge in [-0.15, -0.1) is 0 Å². The van der Waals surface area contributed by atoms with Crippen molar-refractivity contribution in [2.45, 2.75) is 6.42 Å². The van der Waals surface area contributed by atoms with Gasteiger partial charge in [0.15, 0.2) is 0 Å². The van der Waals surface area contributed by atoms with E-state index in [0.717, 1.165) is 10.2 Å². The summed E-state index contributed by atoms with van der Waals surface area (Å²) in [5.74, 6) is 0.748. The molecule has 0 aromatic heterocycles. The molecule has 0 bridgehead atoms. The van der Waals surface area contributed by atoms with Crippen LogP contribution in [0.4, 0.5) is 0 Å². The highest BCUT2D eigenvalue weighted by molar-refractivity contribution is 9.10. The van der Waals surface area contributed by atoms with Gasteiger partial charge in [-0.1, -0.05) is 15.9 Å². The lowest BCUT2D eigenvalue weighted by Gasteiger charge is -2.07. The van der Waals surface area contributed by atoms with Crippen molar-refractivity contribution < 1.29 is 9.53 Å². The second-order valence-corrected chi connectivity index (χ2v) is 4.11. The zero-order valence-corrected chi connectivity index (χ0v) is 10.5. The molecule has 1 amide bonds. The van der Waals surface area contributed by atoms with Crippen LogP contribution >= 0.6 is 15.9 Å². The van der Waals surface area contributed by atoms with Crippen LogP contribution in [0.15, 0.2) is 28.7 Å². The Morgan fingerprint density at radius 1 is 1.38 bits per heavy atom. The molecule has 16 heavy (non-hydrogen) atoms. The topological polar surface area (TPSA) is 64.4 Å². The number of hydrogen-bond donors (Lipinski definition) is 2. The summed E-state index contributed by atoms with van der Waals surface area (Å²) < 4.78 is 6.43. The molecule has 5 heteroatoms. The van der Waals surface area contributed by atoms with E-state index < -0.39 is 0 Å². The Balaban J connectivity index is 2.16. The maximum absolute atomic E-state index is 11.0. The predicted octanol–water partition coefficient (Wildman–Crippen LogP) is 1.29. The lowest BCUT2D eigenvalue weighted by atomic mass is 10.3. The fourth-order valence-electron chi connectivity index (χ4n) is 1.11. The second kappa shape index (κ2) is 7.24. The molecule has 0 aliphatic carbocycles. The fraction of sp³-hybridized carbons (Fsp3) is 0.364. The largest absolute Gasteiger partial charge is 0.492 e. The van der Waals surface area contributed by atoms with Crippen molar-refractivity contribution in [1.29, 1.82) is 0 Å². The zero-order valence-electron chi connectivity index (χ0n) is 8.91. The third-order valence-corrected chi connectivity index (χ3v) is 2.41. The molecule has 0 unspecified atom stereocenters. The average molecular weight is 287 g/mol. The van der Waals surface area contributed by atoms with Gasteiger partial charge in [0, 0.05) is 17.4 Å². The van der Waals surface area contributed by atoms with Crippen molar-refractivity contribution in [3.8, 4) is 5.75 Å². The van der Waals surface area contributed by atoms with E-state index in [1.165, 1.54) is 0 Å². The number of benzene rings is 1. The van der Waals surface area contributed by atoms with Crippen molar-refractivity contribution in [3.63, 3.8) is 0 Å².